The average molecular weight is 328 g/mol. The average Bonchev–Trinajstić information content (AvgIpc) is 2.98. The summed E-state index contributed by atoms with van der Waals surface area (Å²) in [6, 6.07) is 7.73. The molecular weight excluding hydrogens is 308 g/mol. The third-order valence-corrected chi connectivity index (χ3v) is 4.20. The summed E-state index contributed by atoms with van der Waals surface area (Å²) in [6.45, 7) is 4.06. The molecular formula is C17H20N4O3. The van der Waals surface area contributed by atoms with Crippen LogP contribution in [-0.4, -0.2) is 33.5 Å². The summed E-state index contributed by atoms with van der Waals surface area (Å²) in [5.41, 5.74) is 2.24. The Hall–Kier alpha value is -2.70. The molecule has 0 bridgehead atoms. The van der Waals surface area contributed by atoms with Crippen molar-refractivity contribution in [3.63, 3.8) is 0 Å². The maximum atomic E-state index is 12.3. The van der Waals surface area contributed by atoms with Crippen molar-refractivity contribution in [3.05, 3.63) is 47.2 Å². The largest absolute Gasteiger partial charge is 0.424 e. The highest BCUT2D eigenvalue weighted by atomic mass is 16.4. The number of rotatable bonds is 4. The molecule has 1 aliphatic heterocycles. The molecule has 7 nitrogen and oxygen atoms in total. The highest BCUT2D eigenvalue weighted by Crippen LogP contribution is 2.32. The first-order valence-electron chi connectivity index (χ1n) is 7.95. The lowest BCUT2D eigenvalue weighted by Gasteiger charge is -2.36. The van der Waals surface area contributed by atoms with Gasteiger partial charge in [0, 0.05) is 20.4 Å². The van der Waals surface area contributed by atoms with Crippen LogP contribution >= 0.6 is 0 Å². The molecule has 0 saturated heterocycles. The van der Waals surface area contributed by atoms with Gasteiger partial charge in [-0.25, -0.2) is 0 Å². The SMILES string of the molecule is CC(=O)N1CCc2ccccc2[C@H]1CC(=O)NCc1nnc(C)o1. The first kappa shape index (κ1) is 16.2. The number of benzene rings is 1. The number of aryl methyl sites for hydroxylation is 1. The Morgan fingerprint density at radius 3 is 2.83 bits per heavy atom. The minimum atomic E-state index is -0.239. The number of nitrogens with zero attached hydrogens (tertiary/aromatic N) is 3. The molecule has 3 rings (SSSR count). The van der Waals surface area contributed by atoms with E-state index >= 15 is 0 Å². The van der Waals surface area contributed by atoms with Crippen LogP contribution in [0, 0.1) is 6.92 Å². The fourth-order valence-electron chi connectivity index (χ4n) is 3.08. The van der Waals surface area contributed by atoms with E-state index in [1.54, 1.807) is 18.7 Å². The van der Waals surface area contributed by atoms with E-state index < -0.39 is 0 Å². The Kier molecular flexibility index (Phi) is 4.59. The molecule has 2 amide bonds. The number of carbonyl (C=O) groups is 2. The van der Waals surface area contributed by atoms with Crippen molar-refractivity contribution in [2.45, 2.75) is 39.3 Å². The molecule has 24 heavy (non-hydrogen) atoms. The molecule has 1 aromatic heterocycles. The third kappa shape index (κ3) is 3.45. The van der Waals surface area contributed by atoms with Gasteiger partial charge in [0.05, 0.1) is 19.0 Å². The van der Waals surface area contributed by atoms with Crippen molar-refractivity contribution in [1.29, 1.82) is 0 Å². The number of aromatic nitrogens is 2. The van der Waals surface area contributed by atoms with Gasteiger partial charge in [0.2, 0.25) is 23.6 Å². The van der Waals surface area contributed by atoms with E-state index in [9.17, 15) is 9.59 Å². The van der Waals surface area contributed by atoms with Crippen LogP contribution in [0.4, 0.5) is 0 Å². The monoisotopic (exact) mass is 328 g/mol. The van der Waals surface area contributed by atoms with Gasteiger partial charge in [0.25, 0.3) is 0 Å². The van der Waals surface area contributed by atoms with Crippen LogP contribution in [0.15, 0.2) is 28.7 Å². The Bertz CT molecular complexity index is 756. The number of carbonyl (C=O) groups excluding carboxylic acids is 2. The summed E-state index contributed by atoms with van der Waals surface area (Å²) < 4.78 is 5.24. The number of hydrogen-bond acceptors (Lipinski definition) is 5. The summed E-state index contributed by atoms with van der Waals surface area (Å²) >= 11 is 0. The van der Waals surface area contributed by atoms with Crippen molar-refractivity contribution in [3.8, 4) is 0 Å². The molecule has 1 aliphatic rings. The highest BCUT2D eigenvalue weighted by Gasteiger charge is 2.30. The fraction of sp³-hybridized carbons (Fsp3) is 0.412. The molecule has 0 fully saturated rings. The molecule has 126 valence electrons. The van der Waals surface area contributed by atoms with Crippen LogP contribution < -0.4 is 5.32 Å². The standard InChI is InChI=1S/C17H20N4O3/c1-11-19-20-17(24-11)10-18-16(23)9-15-14-6-4-3-5-13(14)7-8-21(15)12(2)22/h3-6,15H,7-10H2,1-2H3,(H,18,23)/t15-/m1/s1. The van der Waals surface area contributed by atoms with Crippen molar-refractivity contribution in [2.24, 2.45) is 0 Å². The maximum absolute atomic E-state index is 12.3. The van der Waals surface area contributed by atoms with Crippen LogP contribution in [0.2, 0.25) is 0 Å². The molecule has 2 heterocycles. The molecule has 0 saturated carbocycles. The summed E-state index contributed by atoms with van der Waals surface area (Å²) in [7, 11) is 0. The van der Waals surface area contributed by atoms with Crippen molar-refractivity contribution < 1.29 is 14.0 Å². The quantitative estimate of drug-likeness (QED) is 0.919. The molecule has 0 radical (unpaired) electrons. The van der Waals surface area contributed by atoms with Gasteiger partial charge >= 0.3 is 0 Å². The normalized spacial score (nSPS) is 16.6. The topological polar surface area (TPSA) is 88.3 Å². The van der Waals surface area contributed by atoms with Gasteiger partial charge in [-0.1, -0.05) is 24.3 Å². The lowest BCUT2D eigenvalue weighted by molar-refractivity contribution is -0.133. The highest BCUT2D eigenvalue weighted by molar-refractivity contribution is 5.79. The number of fused-ring (bicyclic) bond motifs is 1. The minimum Gasteiger partial charge on any atom is -0.424 e. The molecule has 0 aliphatic carbocycles. The van der Waals surface area contributed by atoms with Gasteiger partial charge in [-0.15, -0.1) is 10.2 Å². The second-order valence-electron chi connectivity index (χ2n) is 5.87. The van der Waals surface area contributed by atoms with Crippen LogP contribution in [0.5, 0.6) is 0 Å². The predicted molar refractivity (Wildman–Crippen MR) is 85.8 cm³/mol. The number of amides is 2. The Balaban J connectivity index is 1.70. The van der Waals surface area contributed by atoms with Crippen LogP contribution in [0.25, 0.3) is 0 Å². The molecule has 0 unspecified atom stereocenters. The first-order valence-corrected chi connectivity index (χ1v) is 7.95. The minimum absolute atomic E-state index is 0.0187. The Morgan fingerprint density at radius 1 is 1.33 bits per heavy atom. The van der Waals surface area contributed by atoms with Gasteiger partial charge in [0.15, 0.2) is 0 Å². The second kappa shape index (κ2) is 6.82. The van der Waals surface area contributed by atoms with Gasteiger partial charge in [-0.3, -0.25) is 9.59 Å². The second-order valence-corrected chi connectivity index (χ2v) is 5.87. The lowest BCUT2D eigenvalue weighted by atomic mass is 9.90. The Morgan fingerprint density at radius 2 is 2.12 bits per heavy atom. The maximum Gasteiger partial charge on any atom is 0.235 e. The van der Waals surface area contributed by atoms with Gasteiger partial charge < -0.3 is 14.6 Å². The van der Waals surface area contributed by atoms with Gasteiger partial charge in [0.1, 0.15) is 0 Å². The van der Waals surface area contributed by atoms with Crippen molar-refractivity contribution in [1.82, 2.24) is 20.4 Å². The van der Waals surface area contributed by atoms with E-state index in [0.717, 1.165) is 12.0 Å². The van der Waals surface area contributed by atoms with Crippen LogP contribution in [0.3, 0.4) is 0 Å². The fourth-order valence-corrected chi connectivity index (χ4v) is 3.08. The number of nitrogens with one attached hydrogen (secondary N) is 1. The summed E-state index contributed by atoms with van der Waals surface area (Å²) in [6.07, 6.45) is 1.03. The van der Waals surface area contributed by atoms with E-state index in [1.807, 2.05) is 18.2 Å². The van der Waals surface area contributed by atoms with Crippen LogP contribution in [0.1, 0.15) is 42.3 Å². The zero-order valence-corrected chi connectivity index (χ0v) is 13.8. The van der Waals surface area contributed by atoms with Gasteiger partial charge in [-0.2, -0.15) is 0 Å². The predicted octanol–water partition coefficient (Wildman–Crippen LogP) is 1.53. The summed E-state index contributed by atoms with van der Waals surface area (Å²) in [4.78, 5) is 26.0. The van der Waals surface area contributed by atoms with E-state index in [0.29, 0.717) is 18.3 Å². The Labute approximate surface area is 140 Å². The van der Waals surface area contributed by atoms with E-state index in [4.69, 9.17) is 4.42 Å². The summed E-state index contributed by atoms with van der Waals surface area (Å²) in [5, 5.41) is 10.3. The van der Waals surface area contributed by atoms with Crippen molar-refractivity contribution >= 4 is 11.8 Å². The lowest BCUT2D eigenvalue weighted by Crippen LogP contribution is -2.41. The van der Waals surface area contributed by atoms with E-state index in [1.165, 1.54) is 5.56 Å². The molecule has 0 spiro atoms. The smallest absolute Gasteiger partial charge is 0.235 e. The molecule has 1 aromatic carbocycles. The van der Waals surface area contributed by atoms with Crippen molar-refractivity contribution in [2.75, 3.05) is 6.54 Å². The van der Waals surface area contributed by atoms with Gasteiger partial charge in [-0.05, 0) is 17.5 Å². The summed E-state index contributed by atoms with van der Waals surface area (Å²) in [5.74, 6) is 0.658. The van der Waals surface area contributed by atoms with E-state index in [2.05, 4.69) is 21.6 Å². The zero-order chi connectivity index (χ0) is 17.1. The number of hydrogen-bond donors (Lipinski definition) is 1. The zero-order valence-electron chi connectivity index (χ0n) is 13.8. The molecule has 1 atom stereocenters. The molecule has 1 N–H and O–H groups in total. The molecule has 2 aromatic rings. The first-order chi connectivity index (χ1) is 11.5. The van der Waals surface area contributed by atoms with Crippen LogP contribution in [-0.2, 0) is 22.6 Å². The third-order valence-electron chi connectivity index (χ3n) is 4.20. The molecule has 7 heteroatoms. The van der Waals surface area contributed by atoms with E-state index in [-0.39, 0.29) is 30.8 Å².